The van der Waals surface area contributed by atoms with Crippen molar-refractivity contribution in [3.63, 3.8) is 0 Å². The Morgan fingerprint density at radius 2 is 2.03 bits per heavy atom. The molecule has 0 saturated heterocycles. The van der Waals surface area contributed by atoms with Gasteiger partial charge in [0.05, 0.1) is 17.4 Å². The summed E-state index contributed by atoms with van der Waals surface area (Å²) in [5, 5.41) is 9.42. The summed E-state index contributed by atoms with van der Waals surface area (Å²) in [6.45, 7) is -0.328. The molecular weight excluding hydrogens is 376 g/mol. The minimum Gasteiger partial charge on any atom is -0.459 e. The van der Waals surface area contributed by atoms with Crippen LogP contribution in [0, 0.1) is 11.3 Å². The van der Waals surface area contributed by atoms with Gasteiger partial charge in [0, 0.05) is 32.1 Å². The lowest BCUT2D eigenvalue weighted by molar-refractivity contribution is -0.145. The van der Waals surface area contributed by atoms with E-state index in [2.05, 4.69) is 11.1 Å². The number of fused-ring (bicyclic) bond motifs is 2. The predicted octanol–water partition coefficient (Wildman–Crippen LogP) is 0.301. The lowest BCUT2D eigenvalue weighted by Crippen LogP contribution is -2.37. The highest BCUT2D eigenvalue weighted by molar-refractivity contribution is 5.75. The van der Waals surface area contributed by atoms with Gasteiger partial charge in [-0.25, -0.2) is 9.78 Å². The van der Waals surface area contributed by atoms with Crippen molar-refractivity contribution < 1.29 is 9.53 Å². The van der Waals surface area contributed by atoms with Crippen LogP contribution in [-0.4, -0.2) is 29.1 Å². The Bertz CT molecular complexity index is 1430. The van der Waals surface area contributed by atoms with Gasteiger partial charge in [0.1, 0.15) is 19.2 Å². The molecule has 0 saturated carbocycles. The molecular formula is C19H16N6O4. The molecule has 29 heavy (non-hydrogen) atoms. The highest BCUT2D eigenvalue weighted by atomic mass is 16.5. The highest BCUT2D eigenvalue weighted by Gasteiger charge is 2.17. The fraction of sp³-hybridized carbons (Fsp3) is 0.211. The molecule has 0 fully saturated rings. The minimum absolute atomic E-state index is 0.0769. The summed E-state index contributed by atoms with van der Waals surface area (Å²) >= 11 is 0. The van der Waals surface area contributed by atoms with Crippen LogP contribution in [0.15, 0.2) is 46.5 Å². The van der Waals surface area contributed by atoms with Gasteiger partial charge in [0.15, 0.2) is 11.2 Å². The number of aromatic nitrogens is 5. The van der Waals surface area contributed by atoms with Gasteiger partial charge in [-0.05, 0) is 12.1 Å². The molecule has 146 valence electrons. The topological polar surface area (TPSA) is 116 Å². The van der Waals surface area contributed by atoms with Crippen molar-refractivity contribution in [2.24, 2.45) is 14.1 Å². The number of rotatable bonds is 4. The molecule has 0 N–H and O–H groups in total. The van der Waals surface area contributed by atoms with Gasteiger partial charge in [0.25, 0.3) is 5.56 Å². The number of nitriles is 1. The number of aryl methyl sites for hydroxylation is 1. The van der Waals surface area contributed by atoms with Crippen LogP contribution in [0.25, 0.3) is 16.7 Å². The minimum atomic E-state index is -0.598. The lowest BCUT2D eigenvalue weighted by Gasteiger charge is -2.07. The Hall–Kier alpha value is -4.13. The molecule has 0 aliphatic carbocycles. The second kappa shape index (κ2) is 6.79. The van der Waals surface area contributed by atoms with Crippen molar-refractivity contribution in [3.8, 4) is 6.07 Å². The van der Waals surface area contributed by atoms with Crippen molar-refractivity contribution in [1.82, 2.24) is 23.1 Å². The fourth-order valence-electron chi connectivity index (χ4n) is 3.28. The van der Waals surface area contributed by atoms with Gasteiger partial charge in [0.2, 0.25) is 0 Å². The molecule has 0 aliphatic rings. The molecule has 0 aromatic carbocycles. The first-order valence-electron chi connectivity index (χ1n) is 8.67. The number of carbonyl (C=O) groups excluding carboxylic acids is 1. The second-order valence-electron chi connectivity index (χ2n) is 6.55. The van der Waals surface area contributed by atoms with E-state index in [0.29, 0.717) is 11.1 Å². The quantitative estimate of drug-likeness (QED) is 0.461. The van der Waals surface area contributed by atoms with Gasteiger partial charge in [-0.1, -0.05) is 6.07 Å². The average Bonchev–Trinajstić information content (AvgIpc) is 3.30. The highest BCUT2D eigenvalue weighted by Crippen LogP contribution is 2.18. The number of ether oxygens (including phenoxy) is 1. The number of carbonyl (C=O) groups is 1. The molecule has 10 nitrogen and oxygen atoms in total. The Morgan fingerprint density at radius 1 is 1.24 bits per heavy atom. The molecule has 4 rings (SSSR count). The van der Waals surface area contributed by atoms with Crippen LogP contribution in [0.1, 0.15) is 11.1 Å². The van der Waals surface area contributed by atoms with E-state index in [4.69, 9.17) is 4.74 Å². The number of hydrogen-bond donors (Lipinski definition) is 0. The number of imidazole rings is 1. The van der Waals surface area contributed by atoms with Crippen molar-refractivity contribution in [2.75, 3.05) is 0 Å². The lowest BCUT2D eigenvalue weighted by atomic mass is 10.2. The maximum Gasteiger partial charge on any atom is 0.332 e. The monoisotopic (exact) mass is 392 g/mol. The summed E-state index contributed by atoms with van der Waals surface area (Å²) in [5.74, 6) is -0.598. The van der Waals surface area contributed by atoms with E-state index >= 15 is 0 Å². The van der Waals surface area contributed by atoms with Crippen molar-refractivity contribution in [2.45, 2.75) is 13.2 Å². The summed E-state index contributed by atoms with van der Waals surface area (Å²) in [4.78, 5) is 40.8. The van der Waals surface area contributed by atoms with Crippen molar-refractivity contribution >= 4 is 22.6 Å². The SMILES string of the molecule is Cn1c(=O)c2c(ncn2CC(=O)OCc2cn3ccccc3c2C#N)n(C)c1=O. The van der Waals surface area contributed by atoms with E-state index in [1.54, 1.807) is 16.8 Å². The maximum atomic E-state index is 12.4. The average molecular weight is 392 g/mol. The molecule has 0 bridgehead atoms. The third-order valence-corrected chi connectivity index (χ3v) is 4.78. The van der Waals surface area contributed by atoms with Crippen LogP contribution in [0.3, 0.4) is 0 Å². The van der Waals surface area contributed by atoms with Crippen LogP contribution >= 0.6 is 0 Å². The number of hydrogen-bond acceptors (Lipinski definition) is 6. The van der Waals surface area contributed by atoms with Gasteiger partial charge in [-0.2, -0.15) is 5.26 Å². The molecule has 10 heteroatoms. The Labute approximate surface area is 163 Å². The summed E-state index contributed by atoms with van der Waals surface area (Å²) in [5.41, 5.74) is 1.04. The molecule has 4 heterocycles. The standard InChI is InChI=1S/C19H16N6O4/c1-22-17-16(18(27)23(2)19(22)28)25(11-21-17)9-15(26)29-10-12-8-24-6-4-3-5-14(24)13(12)7-20/h3-6,8,11H,9-10H2,1-2H3. The van der Waals surface area contributed by atoms with E-state index in [9.17, 15) is 19.6 Å². The smallest absolute Gasteiger partial charge is 0.332 e. The van der Waals surface area contributed by atoms with Crippen LogP contribution in [0.4, 0.5) is 0 Å². The van der Waals surface area contributed by atoms with E-state index < -0.39 is 17.2 Å². The van der Waals surface area contributed by atoms with Gasteiger partial charge >= 0.3 is 11.7 Å². The number of nitrogens with zero attached hydrogens (tertiary/aromatic N) is 6. The largest absolute Gasteiger partial charge is 0.459 e. The van der Waals surface area contributed by atoms with Crippen LogP contribution in [-0.2, 0) is 36.8 Å². The molecule has 0 amide bonds. The first-order chi connectivity index (χ1) is 13.9. The molecule has 4 aromatic rings. The van der Waals surface area contributed by atoms with Crippen molar-refractivity contribution in [3.05, 3.63) is 68.9 Å². The zero-order valence-electron chi connectivity index (χ0n) is 15.7. The van der Waals surface area contributed by atoms with E-state index in [1.807, 2.05) is 18.2 Å². The summed E-state index contributed by atoms with van der Waals surface area (Å²) < 4.78 is 10.6. The molecule has 0 radical (unpaired) electrons. The van der Waals surface area contributed by atoms with E-state index in [1.165, 1.54) is 29.6 Å². The van der Waals surface area contributed by atoms with Crippen LogP contribution in [0.5, 0.6) is 0 Å². The Morgan fingerprint density at radius 3 is 2.79 bits per heavy atom. The Balaban J connectivity index is 1.58. The summed E-state index contributed by atoms with van der Waals surface area (Å²) in [6, 6.07) is 7.60. The summed E-state index contributed by atoms with van der Waals surface area (Å²) in [6.07, 6.45) is 4.86. The molecule has 0 atom stereocenters. The van der Waals surface area contributed by atoms with Crippen LogP contribution in [0.2, 0.25) is 0 Å². The molecule has 4 aromatic heterocycles. The number of pyridine rings is 1. The normalized spacial score (nSPS) is 11.1. The maximum absolute atomic E-state index is 12.4. The third kappa shape index (κ3) is 2.89. The van der Waals surface area contributed by atoms with Crippen LogP contribution < -0.4 is 11.2 Å². The summed E-state index contributed by atoms with van der Waals surface area (Å²) in [7, 11) is 2.86. The van der Waals surface area contributed by atoms with Gasteiger partial charge in [-0.15, -0.1) is 0 Å². The first-order valence-corrected chi connectivity index (χ1v) is 8.67. The molecule has 0 unspecified atom stereocenters. The van der Waals surface area contributed by atoms with Gasteiger partial charge in [-0.3, -0.25) is 18.7 Å². The molecule has 0 aliphatic heterocycles. The zero-order valence-corrected chi connectivity index (χ0v) is 15.7. The zero-order chi connectivity index (χ0) is 20.7. The molecule has 0 spiro atoms. The second-order valence-corrected chi connectivity index (χ2v) is 6.55. The van der Waals surface area contributed by atoms with Crippen molar-refractivity contribution in [1.29, 1.82) is 5.26 Å². The van der Waals surface area contributed by atoms with E-state index in [0.717, 1.165) is 10.1 Å². The first kappa shape index (κ1) is 18.2. The van der Waals surface area contributed by atoms with E-state index in [-0.39, 0.29) is 24.3 Å². The Kier molecular flexibility index (Phi) is 4.27. The van der Waals surface area contributed by atoms with Gasteiger partial charge < -0.3 is 13.7 Å². The predicted molar refractivity (Wildman–Crippen MR) is 102 cm³/mol. The number of esters is 1. The third-order valence-electron chi connectivity index (χ3n) is 4.78. The fourth-order valence-corrected chi connectivity index (χ4v) is 3.28.